The molecule has 1 aliphatic carbocycles. The summed E-state index contributed by atoms with van der Waals surface area (Å²) in [5, 5.41) is 0. The summed E-state index contributed by atoms with van der Waals surface area (Å²) < 4.78 is 2.26. The molecule has 2 N–H and O–H groups in total. The third-order valence-electron chi connectivity index (χ3n) is 3.27. The lowest BCUT2D eigenvalue weighted by Crippen LogP contribution is -2.04. The Hall–Kier alpha value is -1.61. The molecule has 3 nitrogen and oxygen atoms in total. The summed E-state index contributed by atoms with van der Waals surface area (Å²) in [5.41, 5.74) is 8.15. The van der Waals surface area contributed by atoms with Gasteiger partial charge in [0.1, 0.15) is 5.82 Å². The lowest BCUT2D eigenvalue weighted by atomic mass is 10.1. The normalized spacial score (nSPS) is 15.1. The summed E-state index contributed by atoms with van der Waals surface area (Å²) in [6.07, 6.45) is 6.56. The minimum absolute atomic E-state index is 0.604. The maximum Gasteiger partial charge on any atom is 0.112 e. The van der Waals surface area contributed by atoms with Crippen molar-refractivity contribution in [2.75, 3.05) is 0 Å². The molecule has 0 radical (unpaired) electrons. The van der Waals surface area contributed by atoms with E-state index in [2.05, 4.69) is 40.0 Å². The Bertz CT molecular complexity index is 512. The number of hydrogen-bond donors (Lipinski definition) is 1. The number of imidazole rings is 1. The SMILES string of the molecule is NCc1cccc(Cn2ccnc2C2CC2)c1. The first-order valence-electron chi connectivity index (χ1n) is 6.16. The van der Waals surface area contributed by atoms with Gasteiger partial charge >= 0.3 is 0 Å². The second kappa shape index (κ2) is 4.34. The molecule has 1 aliphatic rings. The van der Waals surface area contributed by atoms with Gasteiger partial charge in [-0.3, -0.25) is 0 Å². The number of nitrogens with zero attached hydrogens (tertiary/aromatic N) is 2. The number of rotatable bonds is 4. The quantitative estimate of drug-likeness (QED) is 0.870. The van der Waals surface area contributed by atoms with Crippen molar-refractivity contribution in [1.82, 2.24) is 9.55 Å². The molecule has 1 heterocycles. The van der Waals surface area contributed by atoms with Crippen molar-refractivity contribution in [3.63, 3.8) is 0 Å². The lowest BCUT2D eigenvalue weighted by Gasteiger charge is -2.08. The molecule has 17 heavy (non-hydrogen) atoms. The number of benzene rings is 1. The van der Waals surface area contributed by atoms with Gasteiger partial charge in [0.2, 0.25) is 0 Å². The molecule has 1 saturated carbocycles. The largest absolute Gasteiger partial charge is 0.330 e. The Morgan fingerprint density at radius 1 is 1.29 bits per heavy atom. The van der Waals surface area contributed by atoms with Gasteiger partial charge in [-0.2, -0.15) is 0 Å². The van der Waals surface area contributed by atoms with Crippen LogP contribution in [0, 0.1) is 0 Å². The van der Waals surface area contributed by atoms with E-state index in [0.717, 1.165) is 6.54 Å². The van der Waals surface area contributed by atoms with Gasteiger partial charge in [-0.25, -0.2) is 4.98 Å². The predicted molar refractivity (Wildman–Crippen MR) is 67.6 cm³/mol. The van der Waals surface area contributed by atoms with Crippen LogP contribution in [0.25, 0.3) is 0 Å². The topological polar surface area (TPSA) is 43.8 Å². The Balaban J connectivity index is 1.83. The molecule has 1 aromatic carbocycles. The van der Waals surface area contributed by atoms with Crippen molar-refractivity contribution in [2.45, 2.75) is 31.8 Å². The first kappa shape index (κ1) is 10.5. The molecule has 2 aromatic rings. The third-order valence-corrected chi connectivity index (χ3v) is 3.27. The molecular weight excluding hydrogens is 210 g/mol. The van der Waals surface area contributed by atoms with E-state index >= 15 is 0 Å². The standard InChI is InChI=1S/C14H17N3/c15-9-11-2-1-3-12(8-11)10-17-7-6-16-14(17)13-4-5-13/h1-3,6-8,13H,4-5,9-10,15H2. The number of aromatic nitrogens is 2. The molecule has 0 atom stereocenters. The van der Waals surface area contributed by atoms with Gasteiger partial charge in [-0.05, 0) is 24.0 Å². The fraction of sp³-hybridized carbons (Fsp3) is 0.357. The van der Waals surface area contributed by atoms with Crippen LogP contribution >= 0.6 is 0 Å². The monoisotopic (exact) mass is 227 g/mol. The Labute approximate surface area is 101 Å². The maximum absolute atomic E-state index is 5.66. The molecule has 0 aliphatic heterocycles. The van der Waals surface area contributed by atoms with Gasteiger partial charge in [0.05, 0.1) is 0 Å². The molecule has 0 unspecified atom stereocenters. The highest BCUT2D eigenvalue weighted by Gasteiger charge is 2.27. The highest BCUT2D eigenvalue weighted by molar-refractivity contribution is 5.24. The molecule has 0 saturated heterocycles. The molecule has 3 heteroatoms. The van der Waals surface area contributed by atoms with Gasteiger partial charge in [0.25, 0.3) is 0 Å². The molecule has 3 rings (SSSR count). The number of hydrogen-bond acceptors (Lipinski definition) is 2. The van der Waals surface area contributed by atoms with E-state index in [1.54, 1.807) is 0 Å². The fourth-order valence-corrected chi connectivity index (χ4v) is 2.21. The molecular formula is C14H17N3. The average Bonchev–Trinajstić information content (AvgIpc) is 3.11. The zero-order valence-electron chi connectivity index (χ0n) is 9.84. The van der Waals surface area contributed by atoms with Crippen LogP contribution in [0.3, 0.4) is 0 Å². The smallest absolute Gasteiger partial charge is 0.112 e. The van der Waals surface area contributed by atoms with Gasteiger partial charge in [0.15, 0.2) is 0 Å². The van der Waals surface area contributed by atoms with E-state index in [1.807, 2.05) is 6.20 Å². The van der Waals surface area contributed by atoms with Gasteiger partial charge < -0.3 is 10.3 Å². The second-order valence-corrected chi connectivity index (χ2v) is 4.71. The van der Waals surface area contributed by atoms with E-state index in [0.29, 0.717) is 12.5 Å². The Morgan fingerprint density at radius 3 is 2.88 bits per heavy atom. The van der Waals surface area contributed by atoms with Crippen LogP contribution < -0.4 is 5.73 Å². The highest BCUT2D eigenvalue weighted by Crippen LogP contribution is 2.39. The Kier molecular flexibility index (Phi) is 2.69. The zero-order valence-corrected chi connectivity index (χ0v) is 9.84. The maximum atomic E-state index is 5.66. The van der Waals surface area contributed by atoms with Crippen molar-refractivity contribution in [2.24, 2.45) is 5.73 Å². The molecule has 0 bridgehead atoms. The molecule has 1 fully saturated rings. The first-order chi connectivity index (χ1) is 8.36. The number of nitrogens with two attached hydrogens (primary N) is 1. The van der Waals surface area contributed by atoms with Crippen LogP contribution in [0.5, 0.6) is 0 Å². The van der Waals surface area contributed by atoms with Crippen molar-refractivity contribution in [3.05, 3.63) is 53.6 Å². The summed E-state index contributed by atoms with van der Waals surface area (Å²) >= 11 is 0. The van der Waals surface area contributed by atoms with Gasteiger partial charge in [-0.15, -0.1) is 0 Å². The van der Waals surface area contributed by atoms with Gasteiger partial charge in [0, 0.05) is 31.4 Å². The lowest BCUT2D eigenvalue weighted by molar-refractivity contribution is 0.725. The van der Waals surface area contributed by atoms with Crippen molar-refractivity contribution >= 4 is 0 Å². The highest BCUT2D eigenvalue weighted by atomic mass is 15.1. The van der Waals surface area contributed by atoms with E-state index in [4.69, 9.17) is 5.73 Å². The minimum Gasteiger partial charge on any atom is -0.330 e. The minimum atomic E-state index is 0.604. The van der Waals surface area contributed by atoms with Crippen LogP contribution in [-0.4, -0.2) is 9.55 Å². The van der Waals surface area contributed by atoms with Crippen molar-refractivity contribution in [1.29, 1.82) is 0 Å². The summed E-state index contributed by atoms with van der Waals surface area (Å²) in [6.45, 7) is 1.51. The van der Waals surface area contributed by atoms with Crippen LogP contribution in [0.2, 0.25) is 0 Å². The molecule has 0 amide bonds. The second-order valence-electron chi connectivity index (χ2n) is 4.71. The molecule has 88 valence electrons. The first-order valence-corrected chi connectivity index (χ1v) is 6.16. The van der Waals surface area contributed by atoms with Crippen molar-refractivity contribution in [3.8, 4) is 0 Å². The van der Waals surface area contributed by atoms with Crippen LogP contribution in [-0.2, 0) is 13.1 Å². The molecule has 0 spiro atoms. The fourth-order valence-electron chi connectivity index (χ4n) is 2.21. The summed E-state index contributed by atoms with van der Waals surface area (Å²) in [6, 6.07) is 8.47. The van der Waals surface area contributed by atoms with Crippen LogP contribution in [0.4, 0.5) is 0 Å². The summed E-state index contributed by atoms with van der Waals surface area (Å²) in [4.78, 5) is 4.46. The Morgan fingerprint density at radius 2 is 2.12 bits per heavy atom. The summed E-state index contributed by atoms with van der Waals surface area (Å²) in [7, 11) is 0. The van der Waals surface area contributed by atoms with E-state index in [1.165, 1.54) is 29.8 Å². The predicted octanol–water partition coefficient (Wildman–Crippen LogP) is 2.27. The third kappa shape index (κ3) is 2.24. The van der Waals surface area contributed by atoms with E-state index in [-0.39, 0.29) is 0 Å². The van der Waals surface area contributed by atoms with E-state index < -0.39 is 0 Å². The summed E-state index contributed by atoms with van der Waals surface area (Å²) in [5.74, 6) is 1.94. The average molecular weight is 227 g/mol. The van der Waals surface area contributed by atoms with Crippen LogP contribution in [0.15, 0.2) is 36.7 Å². The van der Waals surface area contributed by atoms with Gasteiger partial charge in [-0.1, -0.05) is 24.3 Å². The zero-order chi connectivity index (χ0) is 11.7. The molecule has 1 aromatic heterocycles. The van der Waals surface area contributed by atoms with Crippen LogP contribution in [0.1, 0.15) is 35.7 Å². The van der Waals surface area contributed by atoms with E-state index in [9.17, 15) is 0 Å². The van der Waals surface area contributed by atoms with Crippen molar-refractivity contribution < 1.29 is 0 Å².